The van der Waals surface area contributed by atoms with Crippen molar-refractivity contribution in [3.63, 3.8) is 0 Å². The molecule has 1 amide bonds. The first-order chi connectivity index (χ1) is 16.1. The van der Waals surface area contributed by atoms with Crippen molar-refractivity contribution in [1.29, 1.82) is 0 Å². The van der Waals surface area contributed by atoms with Crippen molar-refractivity contribution in [3.8, 4) is 28.3 Å². The molecule has 8 heteroatoms. The average molecular weight is 446 g/mol. The summed E-state index contributed by atoms with van der Waals surface area (Å²) in [5.41, 5.74) is 10.2. The minimum atomic E-state index is -0.140. The summed E-state index contributed by atoms with van der Waals surface area (Å²) >= 11 is 0. The molecule has 2 heterocycles. The average Bonchev–Trinajstić information content (AvgIpc) is 3.40. The van der Waals surface area contributed by atoms with E-state index < -0.39 is 0 Å². The molecular formula is C25H27N5O3. The predicted molar refractivity (Wildman–Crippen MR) is 126 cm³/mol. The number of likely N-dealkylation sites (tertiary alicyclic amines) is 1. The molecule has 1 aromatic heterocycles. The van der Waals surface area contributed by atoms with Gasteiger partial charge in [-0.15, -0.1) is 0 Å². The monoisotopic (exact) mass is 445 g/mol. The molecule has 0 unspecified atom stereocenters. The molecule has 0 radical (unpaired) electrons. The zero-order chi connectivity index (χ0) is 22.9. The number of carbonyl (C=O) groups is 2. The highest BCUT2D eigenvalue weighted by Gasteiger charge is 2.35. The van der Waals surface area contributed by atoms with Crippen LogP contribution in [0.4, 0.5) is 5.69 Å². The van der Waals surface area contributed by atoms with Crippen molar-refractivity contribution < 1.29 is 14.3 Å². The Morgan fingerprint density at radius 1 is 1.18 bits per heavy atom. The molecular weight excluding hydrogens is 418 g/mol. The maximum absolute atomic E-state index is 13.5. The van der Waals surface area contributed by atoms with Gasteiger partial charge < -0.3 is 15.8 Å². The van der Waals surface area contributed by atoms with Gasteiger partial charge in [0, 0.05) is 11.1 Å². The summed E-state index contributed by atoms with van der Waals surface area (Å²) in [5, 5.41) is 10.4. The molecule has 33 heavy (non-hydrogen) atoms. The predicted octanol–water partition coefficient (Wildman–Crippen LogP) is 2.91. The van der Waals surface area contributed by atoms with Crippen LogP contribution in [-0.2, 0) is 4.79 Å². The Hall–Kier alpha value is -3.49. The number of methoxy groups -OCH3 is 1. The summed E-state index contributed by atoms with van der Waals surface area (Å²) in [6.45, 7) is 2.73. The molecule has 170 valence electrons. The van der Waals surface area contributed by atoms with Gasteiger partial charge >= 0.3 is 0 Å². The molecule has 2 aromatic carbocycles. The summed E-state index contributed by atoms with van der Waals surface area (Å²) in [6, 6.07) is 12.9. The number of hydrogen-bond donors (Lipinski definition) is 3. The van der Waals surface area contributed by atoms with Crippen molar-refractivity contribution in [1.82, 2.24) is 15.1 Å². The van der Waals surface area contributed by atoms with Crippen LogP contribution < -0.4 is 15.8 Å². The summed E-state index contributed by atoms with van der Waals surface area (Å²) in [6.07, 6.45) is 2.03. The zero-order valence-corrected chi connectivity index (χ0v) is 18.6. The molecule has 2 aliphatic rings. The molecule has 3 aromatic rings. The van der Waals surface area contributed by atoms with E-state index >= 15 is 0 Å². The maximum atomic E-state index is 13.5. The lowest BCUT2D eigenvalue weighted by Crippen LogP contribution is -2.40. The van der Waals surface area contributed by atoms with E-state index in [0.29, 0.717) is 47.2 Å². The fourth-order valence-corrected chi connectivity index (χ4v) is 4.72. The Bertz CT molecular complexity index is 1190. The van der Waals surface area contributed by atoms with Gasteiger partial charge in [0.05, 0.1) is 36.2 Å². The standard InChI is InChI=1S/C25H27N5O3/c1-33-17-7-5-16(6-8-17)23-22-24(29-28-23)18-3-2-4-19(21(18)25(22)32)27-20(31)14-30-11-9-15(13-26)10-12-30/h2-8,15H,9-14,26H2,1H3,(H,27,31)(H,28,29). The molecule has 1 saturated heterocycles. The van der Waals surface area contributed by atoms with Crippen LogP contribution in [-0.4, -0.2) is 60.1 Å². The number of nitrogens with one attached hydrogen (secondary N) is 2. The highest BCUT2D eigenvalue weighted by molar-refractivity contribution is 6.27. The van der Waals surface area contributed by atoms with Gasteiger partial charge in [0.1, 0.15) is 11.4 Å². The van der Waals surface area contributed by atoms with Crippen molar-refractivity contribution in [2.45, 2.75) is 12.8 Å². The largest absolute Gasteiger partial charge is 0.497 e. The van der Waals surface area contributed by atoms with Crippen LogP contribution in [0.15, 0.2) is 42.5 Å². The third kappa shape index (κ3) is 3.92. The van der Waals surface area contributed by atoms with Gasteiger partial charge in [-0.3, -0.25) is 19.6 Å². The van der Waals surface area contributed by atoms with E-state index in [1.54, 1.807) is 13.2 Å². The lowest BCUT2D eigenvalue weighted by molar-refractivity contribution is -0.117. The molecule has 0 spiro atoms. The van der Waals surface area contributed by atoms with Crippen LogP contribution in [0, 0.1) is 5.92 Å². The number of nitrogens with two attached hydrogens (primary N) is 1. The van der Waals surface area contributed by atoms with E-state index in [1.807, 2.05) is 36.4 Å². The van der Waals surface area contributed by atoms with Crippen molar-refractivity contribution in [3.05, 3.63) is 53.6 Å². The van der Waals surface area contributed by atoms with Gasteiger partial charge in [-0.25, -0.2) is 0 Å². The molecule has 1 aliphatic carbocycles. The number of anilines is 1. The zero-order valence-electron chi connectivity index (χ0n) is 18.6. The second-order valence-electron chi connectivity index (χ2n) is 8.61. The van der Waals surface area contributed by atoms with Gasteiger partial charge in [-0.05, 0) is 68.7 Å². The Morgan fingerprint density at radius 2 is 1.94 bits per heavy atom. The Morgan fingerprint density at radius 3 is 2.64 bits per heavy atom. The number of aromatic nitrogens is 2. The smallest absolute Gasteiger partial charge is 0.238 e. The summed E-state index contributed by atoms with van der Waals surface area (Å²) in [7, 11) is 1.61. The first-order valence-electron chi connectivity index (χ1n) is 11.2. The van der Waals surface area contributed by atoms with Crippen LogP contribution in [0.5, 0.6) is 5.75 Å². The van der Waals surface area contributed by atoms with Gasteiger partial charge in [0.25, 0.3) is 0 Å². The molecule has 8 nitrogen and oxygen atoms in total. The molecule has 1 aliphatic heterocycles. The van der Waals surface area contributed by atoms with Gasteiger partial charge in [0.2, 0.25) is 5.91 Å². The molecule has 1 fully saturated rings. The van der Waals surface area contributed by atoms with Crippen LogP contribution in [0.2, 0.25) is 0 Å². The first kappa shape index (κ1) is 21.4. The second kappa shape index (κ2) is 8.80. The molecule has 0 saturated carbocycles. The van der Waals surface area contributed by atoms with Gasteiger partial charge in [0.15, 0.2) is 5.78 Å². The van der Waals surface area contributed by atoms with E-state index in [-0.39, 0.29) is 11.7 Å². The topological polar surface area (TPSA) is 113 Å². The highest BCUT2D eigenvalue weighted by atomic mass is 16.5. The summed E-state index contributed by atoms with van der Waals surface area (Å²) in [4.78, 5) is 28.4. The lowest BCUT2D eigenvalue weighted by atomic mass is 9.97. The number of fused-ring (bicyclic) bond motifs is 3. The Labute approximate surface area is 192 Å². The number of ketones is 1. The second-order valence-corrected chi connectivity index (χ2v) is 8.61. The quantitative estimate of drug-likeness (QED) is 0.421. The number of H-pyrrole nitrogens is 1. The molecule has 4 N–H and O–H groups in total. The number of hydrogen-bond acceptors (Lipinski definition) is 6. The minimum absolute atomic E-state index is 0.119. The van der Waals surface area contributed by atoms with Crippen LogP contribution in [0.1, 0.15) is 28.8 Å². The summed E-state index contributed by atoms with van der Waals surface area (Å²) < 4.78 is 5.22. The number of aromatic amines is 1. The van der Waals surface area contributed by atoms with Crippen molar-refractivity contribution in [2.24, 2.45) is 11.7 Å². The SMILES string of the molecule is COc1ccc(-c2n[nH]c3c2C(=O)c2c(NC(=O)CN4CCC(CN)CC4)cccc2-3)cc1. The number of nitrogens with zero attached hydrogens (tertiary/aromatic N) is 2. The Balaban J connectivity index is 1.36. The third-order valence-corrected chi connectivity index (χ3v) is 6.60. The number of benzene rings is 2. The molecule has 5 rings (SSSR count). The Kier molecular flexibility index (Phi) is 5.70. The fourth-order valence-electron chi connectivity index (χ4n) is 4.72. The van der Waals surface area contributed by atoms with E-state index in [2.05, 4.69) is 20.4 Å². The van der Waals surface area contributed by atoms with Crippen LogP contribution in [0.25, 0.3) is 22.5 Å². The number of piperidine rings is 1. The normalized spacial score (nSPS) is 15.9. The van der Waals surface area contributed by atoms with Gasteiger partial charge in [-0.1, -0.05) is 12.1 Å². The fraction of sp³-hybridized carbons (Fsp3) is 0.320. The highest BCUT2D eigenvalue weighted by Crippen LogP contribution is 2.43. The van der Waals surface area contributed by atoms with E-state index in [4.69, 9.17) is 10.5 Å². The van der Waals surface area contributed by atoms with E-state index in [9.17, 15) is 9.59 Å². The van der Waals surface area contributed by atoms with E-state index in [1.165, 1.54) is 0 Å². The number of amides is 1. The maximum Gasteiger partial charge on any atom is 0.238 e. The van der Waals surface area contributed by atoms with Crippen molar-refractivity contribution in [2.75, 3.05) is 38.6 Å². The number of carbonyl (C=O) groups excluding carboxylic acids is 2. The van der Waals surface area contributed by atoms with Crippen LogP contribution >= 0.6 is 0 Å². The lowest BCUT2D eigenvalue weighted by Gasteiger charge is -2.30. The third-order valence-electron chi connectivity index (χ3n) is 6.60. The molecule has 0 atom stereocenters. The minimum Gasteiger partial charge on any atom is -0.497 e. The first-order valence-corrected chi connectivity index (χ1v) is 11.2. The summed E-state index contributed by atoms with van der Waals surface area (Å²) in [5.74, 6) is 1.02. The van der Waals surface area contributed by atoms with E-state index in [0.717, 1.165) is 42.8 Å². The van der Waals surface area contributed by atoms with Gasteiger partial charge in [-0.2, -0.15) is 5.10 Å². The number of rotatable bonds is 6. The molecule has 0 bridgehead atoms. The van der Waals surface area contributed by atoms with Crippen molar-refractivity contribution >= 4 is 17.4 Å². The number of ether oxygens (including phenoxy) is 1. The van der Waals surface area contributed by atoms with Crippen LogP contribution in [0.3, 0.4) is 0 Å².